The number of aliphatic hydroxyl groups excluding tert-OH is 1. The molecule has 3 fully saturated rings. The summed E-state index contributed by atoms with van der Waals surface area (Å²) in [4.78, 5) is 44.0. The molecule has 0 saturated carbocycles. The van der Waals surface area contributed by atoms with E-state index in [0.717, 1.165) is 5.56 Å². The number of para-hydroxylation sites is 1. The van der Waals surface area contributed by atoms with Gasteiger partial charge in [0, 0.05) is 13.1 Å². The average molecular weight is 503 g/mol. The Bertz CT molecular complexity index is 1060. The minimum atomic E-state index is -1.22. The second-order valence-electron chi connectivity index (χ2n) is 9.54. The number of anilines is 1. The van der Waals surface area contributed by atoms with Crippen LogP contribution >= 0.6 is 11.6 Å². The Morgan fingerprint density at radius 3 is 2.71 bits per heavy atom. The lowest BCUT2D eigenvalue weighted by atomic mass is 9.66. The molecule has 5 atom stereocenters. The van der Waals surface area contributed by atoms with Crippen molar-refractivity contribution < 1.29 is 29.0 Å². The zero-order valence-corrected chi connectivity index (χ0v) is 20.8. The number of hydrogen-bond acceptors (Lipinski definition) is 6. The normalized spacial score (nSPS) is 30.8. The number of likely N-dealkylation sites (tertiary alicyclic amines) is 1. The molecule has 0 aromatic heterocycles. The van der Waals surface area contributed by atoms with E-state index in [9.17, 15) is 19.5 Å². The molecule has 1 N–H and O–H groups in total. The lowest BCUT2D eigenvalue weighted by molar-refractivity contribution is -0.158. The van der Waals surface area contributed by atoms with Crippen molar-refractivity contribution in [3.05, 3.63) is 54.1 Å². The number of β-amino-alcohol motifs (C(OH)–C–C–N with tert-alkyl or cyclic N) is 1. The van der Waals surface area contributed by atoms with Crippen LogP contribution in [-0.4, -0.2) is 71.3 Å². The van der Waals surface area contributed by atoms with Crippen molar-refractivity contribution in [1.29, 1.82) is 0 Å². The number of aryl methyl sites for hydroxylation is 1. The summed E-state index contributed by atoms with van der Waals surface area (Å²) >= 11 is 6.51. The molecule has 3 aliphatic rings. The maximum Gasteiger partial charge on any atom is 0.313 e. The molecular formula is C26H31ClN2O6. The van der Waals surface area contributed by atoms with Crippen molar-refractivity contribution in [2.75, 3.05) is 31.2 Å². The summed E-state index contributed by atoms with van der Waals surface area (Å²) in [6.45, 7) is 10.8. The molecule has 0 aliphatic carbocycles. The average Bonchev–Trinajstić information content (AvgIpc) is 3.38. The number of halogens is 1. The SMILES string of the molecule is C=CCOC(=O)[C@H]1[C@H]2C(=O)N(CCO)C(C(=O)N(CC=C)c3c(C)cccc3Cl)C23CC[C@]1(C)O3. The van der Waals surface area contributed by atoms with Gasteiger partial charge in [0.2, 0.25) is 5.91 Å². The van der Waals surface area contributed by atoms with Gasteiger partial charge in [0.15, 0.2) is 0 Å². The van der Waals surface area contributed by atoms with Crippen LogP contribution in [-0.2, 0) is 23.9 Å². The maximum absolute atomic E-state index is 14.3. The molecule has 2 amide bonds. The molecule has 3 aliphatic heterocycles. The summed E-state index contributed by atoms with van der Waals surface area (Å²) in [5.41, 5.74) is -0.846. The highest BCUT2D eigenvalue weighted by Crippen LogP contribution is 2.63. The van der Waals surface area contributed by atoms with Crippen LogP contribution in [0.5, 0.6) is 0 Å². The zero-order chi connectivity index (χ0) is 25.5. The maximum atomic E-state index is 14.3. The van der Waals surface area contributed by atoms with Crippen molar-refractivity contribution in [3.8, 4) is 0 Å². The standard InChI is InChI=1S/C26H31ClN2O6/c1-5-12-28(20-16(3)8-7-9-17(20)27)23(32)21-26-11-10-25(4,35-26)19(24(33)34-15-6-2)18(26)22(31)29(21)13-14-30/h5-9,18-19,21,30H,1-2,10-15H2,3-4H3/t18-,19+,21?,25-,26?/m0/s1. The number of carbonyl (C=O) groups is 3. The summed E-state index contributed by atoms with van der Waals surface area (Å²) in [6, 6.07) is 4.30. The molecule has 188 valence electrons. The molecule has 3 saturated heterocycles. The fourth-order valence-corrected chi connectivity index (χ4v) is 6.50. The van der Waals surface area contributed by atoms with Crippen LogP contribution < -0.4 is 4.90 Å². The number of rotatable bonds is 9. The third-order valence-electron chi connectivity index (χ3n) is 7.48. The highest BCUT2D eigenvalue weighted by molar-refractivity contribution is 6.34. The molecule has 9 heteroatoms. The number of aliphatic hydroxyl groups is 1. The number of ether oxygens (including phenoxy) is 2. The molecule has 1 aromatic carbocycles. The van der Waals surface area contributed by atoms with E-state index in [1.165, 1.54) is 15.9 Å². The van der Waals surface area contributed by atoms with Crippen molar-refractivity contribution >= 4 is 35.1 Å². The summed E-state index contributed by atoms with van der Waals surface area (Å²) in [6.07, 6.45) is 3.97. The first-order valence-corrected chi connectivity index (χ1v) is 12.1. The molecule has 3 heterocycles. The van der Waals surface area contributed by atoms with Crippen LogP contribution in [0.1, 0.15) is 25.3 Å². The van der Waals surface area contributed by atoms with Crippen LogP contribution in [0.15, 0.2) is 43.5 Å². The largest absolute Gasteiger partial charge is 0.461 e. The summed E-state index contributed by atoms with van der Waals surface area (Å²) in [5.74, 6) is -3.09. The van der Waals surface area contributed by atoms with Gasteiger partial charge >= 0.3 is 5.97 Å². The lowest BCUT2D eigenvalue weighted by Gasteiger charge is -2.37. The van der Waals surface area contributed by atoms with E-state index in [0.29, 0.717) is 23.6 Å². The minimum absolute atomic E-state index is 0.0148. The smallest absolute Gasteiger partial charge is 0.313 e. The van der Waals surface area contributed by atoms with Crippen molar-refractivity contribution in [2.24, 2.45) is 11.8 Å². The Morgan fingerprint density at radius 2 is 2.09 bits per heavy atom. The first kappa shape index (κ1) is 25.4. The van der Waals surface area contributed by atoms with Gasteiger partial charge in [-0.1, -0.05) is 42.5 Å². The van der Waals surface area contributed by atoms with Crippen molar-refractivity contribution in [3.63, 3.8) is 0 Å². The van der Waals surface area contributed by atoms with Crippen LogP contribution in [0.4, 0.5) is 5.69 Å². The summed E-state index contributed by atoms with van der Waals surface area (Å²) < 4.78 is 11.9. The van der Waals surface area contributed by atoms with Crippen LogP contribution in [0.3, 0.4) is 0 Å². The van der Waals surface area contributed by atoms with Crippen LogP contribution in [0.25, 0.3) is 0 Å². The van der Waals surface area contributed by atoms with E-state index in [4.69, 9.17) is 21.1 Å². The van der Waals surface area contributed by atoms with Crippen molar-refractivity contribution in [2.45, 2.75) is 43.9 Å². The topological polar surface area (TPSA) is 96.4 Å². The molecule has 2 unspecified atom stereocenters. The molecule has 4 rings (SSSR count). The zero-order valence-electron chi connectivity index (χ0n) is 20.0. The van der Waals surface area contributed by atoms with Gasteiger partial charge in [-0.05, 0) is 38.3 Å². The molecule has 2 bridgehead atoms. The predicted molar refractivity (Wildman–Crippen MR) is 131 cm³/mol. The Morgan fingerprint density at radius 1 is 1.34 bits per heavy atom. The first-order chi connectivity index (χ1) is 16.7. The molecular weight excluding hydrogens is 472 g/mol. The second kappa shape index (κ2) is 9.41. The second-order valence-corrected chi connectivity index (χ2v) is 9.95. The fraction of sp³-hybridized carbons (Fsp3) is 0.500. The fourth-order valence-electron chi connectivity index (χ4n) is 6.17. The number of fused-ring (bicyclic) bond motifs is 1. The number of amides is 2. The lowest BCUT2D eigenvalue weighted by Crippen LogP contribution is -2.57. The van der Waals surface area contributed by atoms with Crippen LogP contribution in [0, 0.1) is 18.8 Å². The van der Waals surface area contributed by atoms with E-state index in [-0.39, 0.29) is 26.3 Å². The van der Waals surface area contributed by atoms with Gasteiger partial charge < -0.3 is 24.4 Å². The predicted octanol–water partition coefficient (Wildman–Crippen LogP) is 2.65. The van der Waals surface area contributed by atoms with E-state index in [1.807, 2.05) is 13.0 Å². The van der Waals surface area contributed by atoms with E-state index < -0.39 is 46.9 Å². The van der Waals surface area contributed by atoms with Gasteiger partial charge in [-0.3, -0.25) is 14.4 Å². The molecule has 35 heavy (non-hydrogen) atoms. The third-order valence-corrected chi connectivity index (χ3v) is 7.79. The number of nitrogens with zero attached hydrogens (tertiary/aromatic N) is 2. The Labute approximate surface area is 210 Å². The van der Waals surface area contributed by atoms with Gasteiger partial charge in [-0.25, -0.2) is 0 Å². The molecule has 1 spiro atoms. The highest BCUT2D eigenvalue weighted by atomic mass is 35.5. The Balaban J connectivity index is 1.81. The minimum Gasteiger partial charge on any atom is -0.461 e. The summed E-state index contributed by atoms with van der Waals surface area (Å²) in [5, 5.41) is 10.2. The monoisotopic (exact) mass is 502 g/mol. The molecule has 0 radical (unpaired) electrons. The number of carbonyl (C=O) groups excluding carboxylic acids is 3. The summed E-state index contributed by atoms with van der Waals surface area (Å²) in [7, 11) is 0. The molecule has 8 nitrogen and oxygen atoms in total. The van der Waals surface area contributed by atoms with Gasteiger partial charge in [0.25, 0.3) is 5.91 Å². The van der Waals surface area contributed by atoms with Gasteiger partial charge in [-0.15, -0.1) is 6.58 Å². The van der Waals surface area contributed by atoms with E-state index in [1.54, 1.807) is 25.1 Å². The number of benzene rings is 1. The number of esters is 1. The van der Waals surface area contributed by atoms with Gasteiger partial charge in [-0.2, -0.15) is 0 Å². The van der Waals surface area contributed by atoms with E-state index >= 15 is 0 Å². The third kappa shape index (κ3) is 3.79. The first-order valence-electron chi connectivity index (χ1n) is 11.7. The number of hydrogen-bond donors (Lipinski definition) is 1. The highest BCUT2D eigenvalue weighted by Gasteiger charge is 2.78. The Kier molecular flexibility index (Phi) is 6.83. The van der Waals surface area contributed by atoms with E-state index in [2.05, 4.69) is 13.2 Å². The molecule has 1 aromatic rings. The van der Waals surface area contributed by atoms with Gasteiger partial charge in [0.1, 0.15) is 24.2 Å². The van der Waals surface area contributed by atoms with Crippen LogP contribution in [0.2, 0.25) is 5.02 Å². The van der Waals surface area contributed by atoms with Crippen molar-refractivity contribution in [1.82, 2.24) is 4.90 Å². The quantitative estimate of drug-likeness (QED) is 0.412. The Hall–Kier alpha value is -2.68. The van der Waals surface area contributed by atoms with Gasteiger partial charge in [0.05, 0.1) is 28.8 Å².